The summed E-state index contributed by atoms with van der Waals surface area (Å²) in [6, 6.07) is 19.2. The van der Waals surface area contributed by atoms with Crippen LogP contribution in [0.4, 0.5) is 10.5 Å². The molecule has 0 unspecified atom stereocenters. The standard InChI is InChI=1S/C27H22N2O7/c1-34-21-13-10-19(23(15-21)36-16-17-6-4-3-5-7-17)14-22-24(30)28-27(33)29(25(22)31)20-11-8-18(9-12-20)26(32)35-2/h3-15H,16H2,1-2H3,(H,28,30,33)/b22-14+. The summed E-state index contributed by atoms with van der Waals surface area (Å²) < 4.78 is 15.9. The third kappa shape index (κ3) is 5.10. The van der Waals surface area contributed by atoms with E-state index in [2.05, 4.69) is 10.1 Å². The monoisotopic (exact) mass is 486 g/mol. The quantitative estimate of drug-likeness (QED) is 0.308. The van der Waals surface area contributed by atoms with Gasteiger partial charge < -0.3 is 14.2 Å². The molecule has 182 valence electrons. The fraction of sp³-hybridized carbons (Fsp3) is 0.111. The Balaban J connectivity index is 1.66. The van der Waals surface area contributed by atoms with Gasteiger partial charge in [0.2, 0.25) is 0 Å². The first kappa shape index (κ1) is 24.2. The number of hydrogen-bond donors (Lipinski definition) is 1. The molecule has 0 aromatic heterocycles. The first-order chi connectivity index (χ1) is 17.4. The Morgan fingerprint density at radius 1 is 0.944 bits per heavy atom. The minimum absolute atomic E-state index is 0.179. The van der Waals surface area contributed by atoms with Crippen LogP contribution in [0.1, 0.15) is 21.5 Å². The van der Waals surface area contributed by atoms with Crippen LogP contribution >= 0.6 is 0 Å². The van der Waals surface area contributed by atoms with E-state index >= 15 is 0 Å². The summed E-state index contributed by atoms with van der Waals surface area (Å²) in [7, 11) is 2.76. The van der Waals surface area contributed by atoms with Crippen molar-refractivity contribution < 1.29 is 33.4 Å². The van der Waals surface area contributed by atoms with Crippen LogP contribution < -0.4 is 19.7 Å². The van der Waals surface area contributed by atoms with Crippen LogP contribution in [-0.2, 0) is 20.9 Å². The highest BCUT2D eigenvalue weighted by molar-refractivity contribution is 6.39. The second-order valence-corrected chi connectivity index (χ2v) is 7.67. The van der Waals surface area contributed by atoms with Crippen LogP contribution in [0.5, 0.6) is 11.5 Å². The number of rotatable bonds is 7. The minimum Gasteiger partial charge on any atom is -0.497 e. The fourth-order valence-corrected chi connectivity index (χ4v) is 3.53. The molecule has 1 aliphatic rings. The molecule has 4 rings (SSSR count). The number of carbonyl (C=O) groups is 4. The summed E-state index contributed by atoms with van der Waals surface area (Å²) in [6.07, 6.45) is 1.36. The maximum absolute atomic E-state index is 13.3. The molecule has 0 bridgehead atoms. The van der Waals surface area contributed by atoms with Gasteiger partial charge in [0.25, 0.3) is 11.8 Å². The van der Waals surface area contributed by atoms with Gasteiger partial charge in [0.15, 0.2) is 0 Å². The molecule has 4 amide bonds. The highest BCUT2D eigenvalue weighted by atomic mass is 16.5. The first-order valence-corrected chi connectivity index (χ1v) is 10.9. The predicted octanol–water partition coefficient (Wildman–Crippen LogP) is 3.73. The van der Waals surface area contributed by atoms with Crippen LogP contribution in [0.15, 0.2) is 78.4 Å². The van der Waals surface area contributed by atoms with Crippen LogP contribution in [-0.4, -0.2) is 38.0 Å². The molecule has 1 heterocycles. The SMILES string of the molecule is COC(=O)c1ccc(N2C(=O)NC(=O)/C(=C\c3ccc(OC)cc3OCc3ccccc3)C2=O)cc1. The Hall–Kier alpha value is -4.92. The van der Waals surface area contributed by atoms with Gasteiger partial charge in [-0.1, -0.05) is 30.3 Å². The zero-order valence-corrected chi connectivity index (χ0v) is 19.5. The van der Waals surface area contributed by atoms with Crippen LogP contribution in [0.2, 0.25) is 0 Å². The van der Waals surface area contributed by atoms with E-state index in [4.69, 9.17) is 9.47 Å². The van der Waals surface area contributed by atoms with E-state index < -0.39 is 23.8 Å². The molecule has 1 fully saturated rings. The lowest BCUT2D eigenvalue weighted by atomic mass is 10.1. The molecule has 0 aliphatic carbocycles. The molecule has 3 aromatic rings. The highest BCUT2D eigenvalue weighted by Gasteiger charge is 2.37. The third-order valence-corrected chi connectivity index (χ3v) is 5.41. The van der Waals surface area contributed by atoms with Gasteiger partial charge in [0, 0.05) is 11.6 Å². The van der Waals surface area contributed by atoms with Crippen molar-refractivity contribution in [1.29, 1.82) is 0 Å². The predicted molar refractivity (Wildman–Crippen MR) is 131 cm³/mol. The first-order valence-electron chi connectivity index (χ1n) is 10.9. The number of anilines is 1. The van der Waals surface area contributed by atoms with Crippen molar-refractivity contribution in [3.05, 3.63) is 95.1 Å². The molecule has 9 heteroatoms. The van der Waals surface area contributed by atoms with Gasteiger partial charge >= 0.3 is 12.0 Å². The number of amides is 4. The largest absolute Gasteiger partial charge is 0.497 e. The number of nitrogens with one attached hydrogen (secondary N) is 1. The normalized spacial score (nSPS) is 14.4. The summed E-state index contributed by atoms with van der Waals surface area (Å²) in [5, 5.41) is 2.18. The zero-order valence-electron chi connectivity index (χ0n) is 19.5. The molecule has 0 saturated carbocycles. The zero-order chi connectivity index (χ0) is 25.7. The molecular formula is C27H22N2O7. The molecule has 0 radical (unpaired) electrons. The molecule has 0 spiro atoms. The second kappa shape index (κ2) is 10.6. The molecular weight excluding hydrogens is 464 g/mol. The number of hydrogen-bond acceptors (Lipinski definition) is 7. The lowest BCUT2D eigenvalue weighted by Gasteiger charge is -2.26. The molecule has 36 heavy (non-hydrogen) atoms. The summed E-state index contributed by atoms with van der Waals surface area (Å²) in [5.74, 6) is -1.30. The minimum atomic E-state index is -0.900. The van der Waals surface area contributed by atoms with E-state index in [-0.39, 0.29) is 23.4 Å². The summed E-state index contributed by atoms with van der Waals surface area (Å²) in [5.41, 5.74) is 1.54. The van der Waals surface area contributed by atoms with Crippen molar-refractivity contribution >= 4 is 35.6 Å². The number of ether oxygens (including phenoxy) is 3. The van der Waals surface area contributed by atoms with E-state index in [0.29, 0.717) is 17.1 Å². The van der Waals surface area contributed by atoms with Gasteiger partial charge in [-0.3, -0.25) is 14.9 Å². The van der Waals surface area contributed by atoms with Crippen LogP contribution in [0, 0.1) is 0 Å². The number of methoxy groups -OCH3 is 2. The number of barbiturate groups is 1. The summed E-state index contributed by atoms with van der Waals surface area (Å²) in [4.78, 5) is 50.9. The van der Waals surface area contributed by atoms with Crippen molar-refractivity contribution in [2.24, 2.45) is 0 Å². The van der Waals surface area contributed by atoms with E-state index in [1.807, 2.05) is 30.3 Å². The Morgan fingerprint density at radius 3 is 2.33 bits per heavy atom. The van der Waals surface area contributed by atoms with Crippen LogP contribution in [0.25, 0.3) is 6.08 Å². The molecule has 1 aliphatic heterocycles. The van der Waals surface area contributed by atoms with Gasteiger partial charge in [-0.05, 0) is 48.0 Å². The Kier molecular flexibility index (Phi) is 7.10. The van der Waals surface area contributed by atoms with Crippen LogP contribution in [0.3, 0.4) is 0 Å². The second-order valence-electron chi connectivity index (χ2n) is 7.67. The van der Waals surface area contributed by atoms with E-state index in [1.54, 1.807) is 18.2 Å². The Morgan fingerprint density at radius 2 is 1.67 bits per heavy atom. The number of imide groups is 2. The van der Waals surface area contributed by atoms with Gasteiger partial charge in [-0.25, -0.2) is 14.5 Å². The maximum atomic E-state index is 13.3. The number of benzene rings is 3. The molecule has 3 aromatic carbocycles. The van der Waals surface area contributed by atoms with E-state index in [0.717, 1.165) is 10.5 Å². The topological polar surface area (TPSA) is 111 Å². The fourth-order valence-electron chi connectivity index (χ4n) is 3.53. The number of nitrogens with zero attached hydrogens (tertiary/aromatic N) is 1. The Bertz CT molecular complexity index is 1350. The van der Waals surface area contributed by atoms with Crippen molar-refractivity contribution in [2.45, 2.75) is 6.61 Å². The van der Waals surface area contributed by atoms with Crippen molar-refractivity contribution in [3.63, 3.8) is 0 Å². The molecule has 0 atom stereocenters. The summed E-state index contributed by atoms with van der Waals surface area (Å²) in [6.45, 7) is 0.251. The maximum Gasteiger partial charge on any atom is 0.337 e. The average Bonchev–Trinajstić information content (AvgIpc) is 2.90. The number of urea groups is 1. The molecule has 1 N–H and O–H groups in total. The lowest BCUT2D eigenvalue weighted by Crippen LogP contribution is -2.54. The smallest absolute Gasteiger partial charge is 0.337 e. The van der Waals surface area contributed by atoms with E-state index in [1.165, 1.54) is 44.6 Å². The average molecular weight is 486 g/mol. The van der Waals surface area contributed by atoms with Crippen molar-refractivity contribution in [3.8, 4) is 11.5 Å². The van der Waals surface area contributed by atoms with Gasteiger partial charge in [-0.2, -0.15) is 0 Å². The van der Waals surface area contributed by atoms with Crippen molar-refractivity contribution in [1.82, 2.24) is 5.32 Å². The van der Waals surface area contributed by atoms with Gasteiger partial charge in [-0.15, -0.1) is 0 Å². The van der Waals surface area contributed by atoms with Gasteiger partial charge in [0.1, 0.15) is 23.7 Å². The lowest BCUT2D eigenvalue weighted by molar-refractivity contribution is -0.122. The van der Waals surface area contributed by atoms with Gasteiger partial charge in [0.05, 0.1) is 25.5 Å². The summed E-state index contributed by atoms with van der Waals surface area (Å²) >= 11 is 0. The molecule has 9 nitrogen and oxygen atoms in total. The third-order valence-electron chi connectivity index (χ3n) is 5.41. The Labute approximate surface area is 206 Å². The number of carbonyl (C=O) groups excluding carboxylic acids is 4. The van der Waals surface area contributed by atoms with E-state index in [9.17, 15) is 19.2 Å². The molecule has 1 saturated heterocycles. The van der Waals surface area contributed by atoms with Crippen molar-refractivity contribution in [2.75, 3.05) is 19.1 Å². The highest BCUT2D eigenvalue weighted by Crippen LogP contribution is 2.29. The number of esters is 1.